The van der Waals surface area contributed by atoms with Gasteiger partial charge in [0, 0.05) is 37.8 Å². The highest BCUT2D eigenvalue weighted by Crippen LogP contribution is 2.29. The normalized spacial score (nSPS) is 30.4. The minimum absolute atomic E-state index is 0.338. The van der Waals surface area contributed by atoms with Crippen molar-refractivity contribution >= 4 is 0 Å². The van der Waals surface area contributed by atoms with Crippen molar-refractivity contribution in [3.05, 3.63) is 0 Å². The maximum atomic E-state index is 3.69. The van der Waals surface area contributed by atoms with Gasteiger partial charge in [0.2, 0.25) is 0 Å². The third-order valence-corrected chi connectivity index (χ3v) is 5.55. The number of fused-ring (bicyclic) bond motifs is 1. The monoisotopic (exact) mass is 281 g/mol. The Labute approximate surface area is 126 Å². The zero-order valence-electron chi connectivity index (χ0n) is 14.3. The molecule has 2 fully saturated rings. The summed E-state index contributed by atoms with van der Waals surface area (Å²) in [5.74, 6) is 0. The summed E-state index contributed by atoms with van der Waals surface area (Å²) in [6.07, 6.45) is 4.04. The molecule has 3 unspecified atom stereocenters. The molecule has 0 aromatic heterocycles. The fourth-order valence-corrected chi connectivity index (χ4v) is 3.77. The van der Waals surface area contributed by atoms with E-state index in [0.29, 0.717) is 17.5 Å². The predicted molar refractivity (Wildman–Crippen MR) is 87.2 cm³/mol. The topological polar surface area (TPSA) is 18.5 Å². The van der Waals surface area contributed by atoms with Crippen LogP contribution in [0.3, 0.4) is 0 Å². The maximum absolute atomic E-state index is 3.69. The smallest absolute Gasteiger partial charge is 0.0224 e. The van der Waals surface area contributed by atoms with Gasteiger partial charge in [0.1, 0.15) is 0 Å². The third kappa shape index (κ3) is 3.75. The van der Waals surface area contributed by atoms with Gasteiger partial charge in [-0.15, -0.1) is 0 Å². The van der Waals surface area contributed by atoms with Crippen LogP contribution in [0, 0.1) is 5.41 Å². The van der Waals surface area contributed by atoms with Crippen molar-refractivity contribution in [3.8, 4) is 0 Å². The molecule has 118 valence electrons. The Morgan fingerprint density at radius 1 is 1.30 bits per heavy atom. The van der Waals surface area contributed by atoms with Crippen LogP contribution in [0.2, 0.25) is 0 Å². The molecule has 2 saturated heterocycles. The van der Waals surface area contributed by atoms with Gasteiger partial charge in [-0.3, -0.25) is 9.80 Å². The van der Waals surface area contributed by atoms with E-state index in [-0.39, 0.29) is 0 Å². The Balaban J connectivity index is 1.90. The zero-order chi connectivity index (χ0) is 14.8. The Bertz CT molecular complexity index is 303. The van der Waals surface area contributed by atoms with Crippen molar-refractivity contribution in [1.29, 1.82) is 0 Å². The molecule has 3 atom stereocenters. The van der Waals surface area contributed by atoms with Crippen LogP contribution in [0.15, 0.2) is 0 Å². The largest absolute Gasteiger partial charge is 0.314 e. The summed E-state index contributed by atoms with van der Waals surface area (Å²) in [4.78, 5) is 5.46. The molecule has 1 N–H and O–H groups in total. The average Bonchev–Trinajstić information content (AvgIpc) is 2.82. The van der Waals surface area contributed by atoms with Crippen molar-refractivity contribution in [1.82, 2.24) is 15.1 Å². The lowest BCUT2D eigenvalue weighted by Gasteiger charge is -2.46. The van der Waals surface area contributed by atoms with Gasteiger partial charge < -0.3 is 5.32 Å². The summed E-state index contributed by atoms with van der Waals surface area (Å²) < 4.78 is 0. The van der Waals surface area contributed by atoms with Crippen molar-refractivity contribution in [2.75, 3.05) is 32.7 Å². The molecule has 2 rings (SSSR count). The van der Waals surface area contributed by atoms with E-state index < -0.39 is 0 Å². The molecule has 3 nitrogen and oxygen atoms in total. The first-order valence-corrected chi connectivity index (χ1v) is 8.65. The molecule has 20 heavy (non-hydrogen) atoms. The molecule has 0 aromatic carbocycles. The molecule has 2 aliphatic rings. The molecule has 0 spiro atoms. The van der Waals surface area contributed by atoms with Crippen LogP contribution in [-0.2, 0) is 0 Å². The number of nitrogens with one attached hydrogen (secondary N) is 1. The highest BCUT2D eigenvalue weighted by atomic mass is 15.3. The molecule has 0 aliphatic carbocycles. The third-order valence-electron chi connectivity index (χ3n) is 5.55. The van der Waals surface area contributed by atoms with E-state index in [1.54, 1.807) is 0 Å². The Kier molecular flexibility index (Phi) is 5.49. The fourth-order valence-electron chi connectivity index (χ4n) is 3.77. The summed E-state index contributed by atoms with van der Waals surface area (Å²) >= 11 is 0. The van der Waals surface area contributed by atoms with Crippen molar-refractivity contribution < 1.29 is 0 Å². The molecular formula is C17H35N3. The quantitative estimate of drug-likeness (QED) is 0.807. The van der Waals surface area contributed by atoms with Crippen molar-refractivity contribution in [2.24, 2.45) is 5.41 Å². The molecule has 3 heteroatoms. The van der Waals surface area contributed by atoms with Crippen LogP contribution in [-0.4, -0.2) is 60.6 Å². The second-order valence-electron chi connectivity index (χ2n) is 7.73. The van der Waals surface area contributed by atoms with Crippen molar-refractivity contribution in [2.45, 2.75) is 72.0 Å². The Morgan fingerprint density at radius 2 is 2.05 bits per heavy atom. The summed E-state index contributed by atoms with van der Waals surface area (Å²) in [5, 5.41) is 3.69. The zero-order valence-corrected chi connectivity index (χ0v) is 14.3. The molecular weight excluding hydrogens is 246 g/mol. The average molecular weight is 281 g/mol. The second-order valence-corrected chi connectivity index (χ2v) is 7.73. The van der Waals surface area contributed by atoms with E-state index in [9.17, 15) is 0 Å². The van der Waals surface area contributed by atoms with E-state index in [1.807, 2.05) is 0 Å². The number of hydrogen-bond donors (Lipinski definition) is 1. The van der Waals surface area contributed by atoms with Crippen LogP contribution in [0.5, 0.6) is 0 Å². The standard InChI is InChI=1S/C17H35N3/c1-6-9-18-15(3)17(4,5)13-20-12-16-8-7-10-19(16)11-14(20)2/h14-16,18H,6-13H2,1-5H3. The first-order valence-electron chi connectivity index (χ1n) is 8.65. The highest BCUT2D eigenvalue weighted by Gasteiger charge is 2.37. The first kappa shape index (κ1) is 16.3. The van der Waals surface area contributed by atoms with Crippen LogP contribution in [0.25, 0.3) is 0 Å². The lowest BCUT2D eigenvalue weighted by atomic mass is 9.84. The molecule has 2 heterocycles. The molecule has 0 radical (unpaired) electrons. The molecule has 0 bridgehead atoms. The van der Waals surface area contributed by atoms with Crippen LogP contribution >= 0.6 is 0 Å². The molecule has 0 aromatic rings. The highest BCUT2D eigenvalue weighted by molar-refractivity contribution is 4.93. The number of rotatable bonds is 6. The number of hydrogen-bond acceptors (Lipinski definition) is 3. The summed E-state index contributed by atoms with van der Waals surface area (Å²) in [7, 11) is 0. The summed E-state index contributed by atoms with van der Waals surface area (Å²) in [6.45, 7) is 18.1. The fraction of sp³-hybridized carbons (Fsp3) is 1.00. The van der Waals surface area contributed by atoms with Gasteiger partial charge in [-0.25, -0.2) is 0 Å². The lowest BCUT2D eigenvalue weighted by molar-refractivity contribution is 0.0257. The van der Waals surface area contributed by atoms with E-state index in [0.717, 1.165) is 12.6 Å². The van der Waals surface area contributed by atoms with E-state index in [4.69, 9.17) is 0 Å². The van der Waals surface area contributed by atoms with Crippen LogP contribution in [0.4, 0.5) is 0 Å². The minimum atomic E-state index is 0.338. The van der Waals surface area contributed by atoms with Crippen LogP contribution < -0.4 is 5.32 Å². The van der Waals surface area contributed by atoms with Gasteiger partial charge in [0.25, 0.3) is 0 Å². The summed E-state index contributed by atoms with van der Waals surface area (Å²) in [5.41, 5.74) is 0.338. The first-order chi connectivity index (χ1) is 9.44. The Morgan fingerprint density at radius 3 is 2.75 bits per heavy atom. The number of piperazine rings is 1. The van der Waals surface area contributed by atoms with Crippen molar-refractivity contribution in [3.63, 3.8) is 0 Å². The molecule has 2 aliphatic heterocycles. The van der Waals surface area contributed by atoms with Gasteiger partial charge in [-0.1, -0.05) is 20.8 Å². The van der Waals surface area contributed by atoms with E-state index in [2.05, 4.69) is 49.7 Å². The van der Waals surface area contributed by atoms with Gasteiger partial charge in [-0.05, 0) is 51.6 Å². The molecule has 0 saturated carbocycles. The van der Waals surface area contributed by atoms with Gasteiger partial charge in [0.05, 0.1) is 0 Å². The minimum Gasteiger partial charge on any atom is -0.314 e. The second kappa shape index (κ2) is 6.76. The SMILES string of the molecule is CCCNC(C)C(C)(C)CN1CC2CCCN2CC1C. The van der Waals surface area contributed by atoms with Gasteiger partial charge in [-0.2, -0.15) is 0 Å². The number of nitrogens with zero attached hydrogens (tertiary/aromatic N) is 2. The van der Waals surface area contributed by atoms with Gasteiger partial charge in [0.15, 0.2) is 0 Å². The van der Waals surface area contributed by atoms with Crippen LogP contribution in [0.1, 0.15) is 53.9 Å². The lowest BCUT2D eigenvalue weighted by Crippen LogP contribution is -2.58. The maximum Gasteiger partial charge on any atom is 0.0224 e. The van der Waals surface area contributed by atoms with E-state index >= 15 is 0 Å². The van der Waals surface area contributed by atoms with E-state index in [1.165, 1.54) is 45.4 Å². The Hall–Kier alpha value is -0.120. The predicted octanol–water partition coefficient (Wildman–Crippen LogP) is 2.57. The van der Waals surface area contributed by atoms with Gasteiger partial charge >= 0.3 is 0 Å². The molecule has 0 amide bonds. The summed E-state index contributed by atoms with van der Waals surface area (Å²) in [6, 6.07) is 2.12.